The number of benzene rings is 2. The number of methoxy groups -OCH3 is 1. The molecule has 0 bridgehead atoms. The lowest BCUT2D eigenvalue weighted by molar-refractivity contribution is -0.114. The van der Waals surface area contributed by atoms with Crippen LogP contribution in [0.1, 0.15) is 46.5 Å². The third kappa shape index (κ3) is 6.67. The molecule has 4 nitrogen and oxygen atoms in total. The van der Waals surface area contributed by atoms with E-state index < -0.39 is 8.32 Å². The van der Waals surface area contributed by atoms with E-state index in [1.54, 1.807) is 7.11 Å². The highest BCUT2D eigenvalue weighted by atomic mass is 28.4. The van der Waals surface area contributed by atoms with Crippen LogP contribution in [-0.2, 0) is 18.7 Å². The van der Waals surface area contributed by atoms with Gasteiger partial charge in [-0.15, -0.1) is 0 Å². The van der Waals surface area contributed by atoms with Gasteiger partial charge >= 0.3 is 0 Å². The van der Waals surface area contributed by atoms with Crippen LogP contribution in [0, 0.1) is 0 Å². The summed E-state index contributed by atoms with van der Waals surface area (Å²) in [6, 6.07) is 21.4. The summed E-state index contributed by atoms with van der Waals surface area (Å²) in [6.45, 7) is 11.8. The molecular formula is C30H40O4Si. The number of hydrogen-bond acceptors (Lipinski definition) is 4. The molecule has 0 N–H and O–H groups in total. The van der Waals surface area contributed by atoms with Crippen LogP contribution in [0.15, 0.2) is 85.0 Å². The SMILES string of the molecule is C=C(CCCC1OC(CC=O)C=CC1OC)CO[Si](c1ccccc1)(c1ccccc1)C(C)(C)C. The van der Waals surface area contributed by atoms with Crippen LogP contribution in [0.5, 0.6) is 0 Å². The molecule has 1 aliphatic rings. The molecule has 2 aromatic rings. The van der Waals surface area contributed by atoms with Crippen LogP contribution in [0.3, 0.4) is 0 Å². The Bertz CT molecular complexity index is 925. The summed E-state index contributed by atoms with van der Waals surface area (Å²) in [5, 5.41) is 2.49. The molecule has 0 spiro atoms. The van der Waals surface area contributed by atoms with Gasteiger partial charge in [0.05, 0.1) is 18.8 Å². The van der Waals surface area contributed by atoms with E-state index in [0.29, 0.717) is 13.0 Å². The minimum absolute atomic E-state index is 0.0552. The average Bonchev–Trinajstić information content (AvgIpc) is 2.85. The normalized spacial score (nSPS) is 20.5. The highest BCUT2D eigenvalue weighted by Crippen LogP contribution is 2.37. The number of hydrogen-bond donors (Lipinski definition) is 0. The average molecular weight is 493 g/mol. The lowest BCUT2D eigenvalue weighted by Gasteiger charge is -2.43. The molecular weight excluding hydrogens is 452 g/mol. The maximum absolute atomic E-state index is 10.9. The van der Waals surface area contributed by atoms with Crippen molar-refractivity contribution < 1.29 is 18.7 Å². The Labute approximate surface area is 212 Å². The Balaban J connectivity index is 1.69. The maximum Gasteiger partial charge on any atom is 0.261 e. The van der Waals surface area contributed by atoms with Gasteiger partial charge in [-0.3, -0.25) is 0 Å². The Morgan fingerprint density at radius 1 is 1.03 bits per heavy atom. The molecule has 0 radical (unpaired) electrons. The van der Waals surface area contributed by atoms with Crippen molar-refractivity contribution in [2.45, 2.75) is 69.8 Å². The minimum Gasteiger partial charge on any atom is -0.403 e. The van der Waals surface area contributed by atoms with Gasteiger partial charge in [-0.05, 0) is 34.7 Å². The van der Waals surface area contributed by atoms with Gasteiger partial charge in [0, 0.05) is 13.5 Å². The molecule has 3 atom stereocenters. The third-order valence-electron chi connectivity index (χ3n) is 6.76. The molecule has 35 heavy (non-hydrogen) atoms. The van der Waals surface area contributed by atoms with Crippen molar-refractivity contribution in [2.24, 2.45) is 0 Å². The van der Waals surface area contributed by atoms with E-state index in [2.05, 4.69) is 88.0 Å². The summed E-state index contributed by atoms with van der Waals surface area (Å²) in [5.74, 6) is 0. The fourth-order valence-electron chi connectivity index (χ4n) is 4.99. The van der Waals surface area contributed by atoms with Crippen LogP contribution in [0.25, 0.3) is 0 Å². The van der Waals surface area contributed by atoms with Gasteiger partial charge in [0.15, 0.2) is 0 Å². The van der Waals surface area contributed by atoms with Gasteiger partial charge in [-0.2, -0.15) is 0 Å². The van der Waals surface area contributed by atoms with E-state index in [9.17, 15) is 4.79 Å². The maximum atomic E-state index is 10.9. The molecule has 188 valence electrons. The van der Waals surface area contributed by atoms with Gasteiger partial charge in [0.1, 0.15) is 12.4 Å². The van der Waals surface area contributed by atoms with E-state index in [4.69, 9.17) is 13.9 Å². The smallest absolute Gasteiger partial charge is 0.261 e. The van der Waals surface area contributed by atoms with Gasteiger partial charge in [0.25, 0.3) is 8.32 Å². The van der Waals surface area contributed by atoms with Crippen molar-refractivity contribution in [3.8, 4) is 0 Å². The molecule has 0 aromatic heterocycles. The van der Waals surface area contributed by atoms with Crippen molar-refractivity contribution in [3.63, 3.8) is 0 Å². The fraction of sp³-hybridized carbons (Fsp3) is 0.433. The second kappa shape index (κ2) is 12.6. The summed E-state index contributed by atoms with van der Waals surface area (Å²) >= 11 is 0. The number of ether oxygens (including phenoxy) is 2. The molecule has 0 saturated carbocycles. The summed E-state index contributed by atoms with van der Waals surface area (Å²) in [6.07, 6.45) is 7.55. The van der Waals surface area contributed by atoms with E-state index in [-0.39, 0.29) is 23.4 Å². The number of aldehydes is 1. The van der Waals surface area contributed by atoms with E-state index >= 15 is 0 Å². The van der Waals surface area contributed by atoms with E-state index in [1.807, 2.05) is 12.2 Å². The van der Waals surface area contributed by atoms with Gasteiger partial charge < -0.3 is 18.7 Å². The van der Waals surface area contributed by atoms with Crippen LogP contribution in [-0.4, -0.2) is 46.6 Å². The highest BCUT2D eigenvalue weighted by molar-refractivity contribution is 6.99. The van der Waals surface area contributed by atoms with Gasteiger partial charge in [-0.25, -0.2) is 0 Å². The fourth-order valence-corrected chi connectivity index (χ4v) is 9.57. The molecule has 3 unspecified atom stereocenters. The first-order valence-corrected chi connectivity index (χ1v) is 14.4. The van der Waals surface area contributed by atoms with Crippen molar-refractivity contribution in [2.75, 3.05) is 13.7 Å². The predicted octanol–water partition coefficient (Wildman–Crippen LogP) is 5.22. The summed E-state index contributed by atoms with van der Waals surface area (Å²) in [7, 11) is -0.870. The number of carbonyl (C=O) groups excluding carboxylic acids is 1. The topological polar surface area (TPSA) is 44.8 Å². The zero-order valence-corrected chi connectivity index (χ0v) is 22.6. The molecule has 5 heteroatoms. The molecule has 1 aliphatic heterocycles. The molecule has 0 saturated heterocycles. The summed E-state index contributed by atoms with van der Waals surface area (Å²) in [5.41, 5.74) is 1.09. The monoisotopic (exact) mass is 492 g/mol. The minimum atomic E-state index is -2.57. The van der Waals surface area contributed by atoms with Crippen LogP contribution >= 0.6 is 0 Å². The van der Waals surface area contributed by atoms with Crippen LogP contribution in [0.2, 0.25) is 5.04 Å². The highest BCUT2D eigenvalue weighted by Gasteiger charge is 2.50. The Hall–Kier alpha value is -2.31. The van der Waals surface area contributed by atoms with Crippen LogP contribution < -0.4 is 10.4 Å². The lowest BCUT2D eigenvalue weighted by atomic mass is 10.0. The quantitative estimate of drug-likeness (QED) is 0.232. The predicted molar refractivity (Wildman–Crippen MR) is 146 cm³/mol. The van der Waals surface area contributed by atoms with Gasteiger partial charge in [0.2, 0.25) is 0 Å². The zero-order valence-electron chi connectivity index (χ0n) is 21.6. The van der Waals surface area contributed by atoms with Crippen LogP contribution in [0.4, 0.5) is 0 Å². The molecule has 0 amide bonds. The summed E-state index contributed by atoms with van der Waals surface area (Å²) < 4.78 is 18.7. The lowest BCUT2D eigenvalue weighted by Crippen LogP contribution is -2.66. The van der Waals surface area contributed by atoms with Crippen molar-refractivity contribution in [3.05, 3.63) is 85.0 Å². The molecule has 1 heterocycles. The molecule has 2 aromatic carbocycles. The van der Waals surface area contributed by atoms with E-state index in [1.165, 1.54) is 10.4 Å². The first-order chi connectivity index (χ1) is 16.8. The Morgan fingerprint density at radius 3 is 2.14 bits per heavy atom. The molecule has 0 aliphatic carbocycles. The second-order valence-corrected chi connectivity index (χ2v) is 14.6. The molecule has 0 fully saturated rings. The third-order valence-corrected chi connectivity index (χ3v) is 11.7. The first-order valence-electron chi connectivity index (χ1n) is 12.5. The summed E-state index contributed by atoms with van der Waals surface area (Å²) in [4.78, 5) is 10.9. The van der Waals surface area contributed by atoms with Gasteiger partial charge in [-0.1, -0.05) is 106 Å². The Kier molecular flexibility index (Phi) is 9.81. The Morgan fingerprint density at radius 2 is 1.63 bits per heavy atom. The van der Waals surface area contributed by atoms with Crippen molar-refractivity contribution in [1.82, 2.24) is 0 Å². The molecule has 3 rings (SSSR count). The van der Waals surface area contributed by atoms with Crippen molar-refractivity contribution in [1.29, 1.82) is 0 Å². The standard InChI is InChI=1S/C30H40O4Si/c1-24(13-12-18-29-28(32-5)20-19-25(34-29)21-22-31)23-33-35(30(2,3)4,26-14-8-6-9-15-26)27-16-10-7-11-17-27/h6-11,14-17,19-20,22,25,28-29H,1,12-13,18,21,23H2,2-5H3. The van der Waals surface area contributed by atoms with Crippen molar-refractivity contribution >= 4 is 25.0 Å². The zero-order chi connectivity index (χ0) is 25.3. The number of carbonyl (C=O) groups is 1. The first kappa shape index (κ1) is 27.3. The number of rotatable bonds is 12. The van der Waals surface area contributed by atoms with E-state index in [0.717, 1.165) is 31.1 Å². The second-order valence-electron chi connectivity index (χ2n) is 10.3. The largest absolute Gasteiger partial charge is 0.403 e.